The Bertz CT molecular complexity index is 418. The molecule has 86 valence electrons. The number of carboxylic acids is 1. The van der Waals surface area contributed by atoms with Crippen LogP contribution in [0.15, 0.2) is 24.3 Å². The SMILES string of the molecule is O=C(O)C1(c2ccccc2Cl)CCC(O)C1. The van der Waals surface area contributed by atoms with E-state index in [9.17, 15) is 15.0 Å². The van der Waals surface area contributed by atoms with Gasteiger partial charge in [-0.2, -0.15) is 0 Å². The Kier molecular flexibility index (Phi) is 2.91. The normalized spacial score (nSPS) is 29.2. The van der Waals surface area contributed by atoms with Gasteiger partial charge in [0.05, 0.1) is 11.5 Å². The van der Waals surface area contributed by atoms with Crippen LogP contribution in [0.5, 0.6) is 0 Å². The summed E-state index contributed by atoms with van der Waals surface area (Å²) in [6.45, 7) is 0. The molecule has 1 fully saturated rings. The number of hydrogen-bond donors (Lipinski definition) is 2. The molecule has 0 bridgehead atoms. The molecule has 1 aliphatic rings. The number of rotatable bonds is 2. The van der Waals surface area contributed by atoms with Crippen molar-refractivity contribution in [2.24, 2.45) is 0 Å². The van der Waals surface area contributed by atoms with Gasteiger partial charge < -0.3 is 10.2 Å². The zero-order valence-electron chi connectivity index (χ0n) is 8.69. The van der Waals surface area contributed by atoms with Crippen molar-refractivity contribution in [1.82, 2.24) is 0 Å². The third-order valence-electron chi connectivity index (χ3n) is 3.29. The summed E-state index contributed by atoms with van der Waals surface area (Å²) in [7, 11) is 0. The molecule has 1 aromatic rings. The maximum absolute atomic E-state index is 11.5. The third-order valence-corrected chi connectivity index (χ3v) is 3.62. The minimum atomic E-state index is -1.02. The lowest BCUT2D eigenvalue weighted by Crippen LogP contribution is -2.33. The molecule has 0 aromatic heterocycles. The zero-order valence-corrected chi connectivity index (χ0v) is 9.44. The van der Waals surface area contributed by atoms with Crippen molar-refractivity contribution < 1.29 is 15.0 Å². The summed E-state index contributed by atoms with van der Waals surface area (Å²) in [4.78, 5) is 11.5. The van der Waals surface area contributed by atoms with Crippen LogP contribution in [0, 0.1) is 0 Å². The van der Waals surface area contributed by atoms with E-state index in [1.807, 2.05) is 0 Å². The highest BCUT2D eigenvalue weighted by Crippen LogP contribution is 2.44. The van der Waals surface area contributed by atoms with E-state index in [2.05, 4.69) is 0 Å². The van der Waals surface area contributed by atoms with Crippen LogP contribution in [0.1, 0.15) is 24.8 Å². The summed E-state index contributed by atoms with van der Waals surface area (Å²) >= 11 is 6.04. The summed E-state index contributed by atoms with van der Waals surface area (Å²) < 4.78 is 0. The fraction of sp³-hybridized carbons (Fsp3) is 0.417. The fourth-order valence-corrected chi connectivity index (χ4v) is 2.74. The van der Waals surface area contributed by atoms with E-state index in [0.717, 1.165) is 0 Å². The molecule has 0 radical (unpaired) electrons. The highest BCUT2D eigenvalue weighted by atomic mass is 35.5. The van der Waals surface area contributed by atoms with Crippen LogP contribution in [-0.2, 0) is 10.2 Å². The Labute approximate surface area is 98.7 Å². The molecule has 4 heteroatoms. The number of carbonyl (C=O) groups is 1. The van der Waals surface area contributed by atoms with Gasteiger partial charge in [-0.15, -0.1) is 0 Å². The zero-order chi connectivity index (χ0) is 11.8. The molecule has 0 amide bonds. The maximum Gasteiger partial charge on any atom is 0.314 e. The summed E-state index contributed by atoms with van der Waals surface area (Å²) in [5, 5.41) is 19.4. The average Bonchev–Trinajstić information content (AvgIpc) is 2.62. The van der Waals surface area contributed by atoms with Gasteiger partial charge in [0.25, 0.3) is 0 Å². The summed E-state index contributed by atoms with van der Waals surface area (Å²) in [6, 6.07) is 6.96. The van der Waals surface area contributed by atoms with Gasteiger partial charge in [-0.3, -0.25) is 4.79 Å². The summed E-state index contributed by atoms with van der Waals surface area (Å²) in [5.41, 5.74) is -0.404. The van der Waals surface area contributed by atoms with Crippen LogP contribution in [0.3, 0.4) is 0 Å². The average molecular weight is 241 g/mol. The van der Waals surface area contributed by atoms with Gasteiger partial charge in [-0.05, 0) is 30.9 Å². The van der Waals surface area contributed by atoms with E-state index in [0.29, 0.717) is 23.4 Å². The van der Waals surface area contributed by atoms with Gasteiger partial charge in [-0.1, -0.05) is 29.8 Å². The first-order valence-corrected chi connectivity index (χ1v) is 5.60. The number of aliphatic carboxylic acids is 1. The van der Waals surface area contributed by atoms with E-state index in [1.54, 1.807) is 24.3 Å². The summed E-state index contributed by atoms with van der Waals surface area (Å²) in [6.07, 6.45) is 0.643. The Morgan fingerprint density at radius 1 is 1.44 bits per heavy atom. The van der Waals surface area contributed by atoms with Crippen LogP contribution in [0.25, 0.3) is 0 Å². The molecule has 0 spiro atoms. The topological polar surface area (TPSA) is 57.5 Å². The predicted molar refractivity (Wildman–Crippen MR) is 60.6 cm³/mol. The van der Waals surface area contributed by atoms with Gasteiger partial charge in [0.15, 0.2) is 0 Å². The predicted octanol–water partition coefficient (Wildman–Crippen LogP) is 2.21. The molecule has 0 aliphatic heterocycles. The number of aliphatic hydroxyl groups excluding tert-OH is 1. The monoisotopic (exact) mass is 240 g/mol. The minimum absolute atomic E-state index is 0.242. The van der Waals surface area contributed by atoms with Crippen LogP contribution in [0.2, 0.25) is 5.02 Å². The first kappa shape index (κ1) is 11.4. The molecule has 1 saturated carbocycles. The van der Waals surface area contributed by atoms with Crippen molar-refractivity contribution in [2.75, 3.05) is 0 Å². The van der Waals surface area contributed by atoms with E-state index >= 15 is 0 Å². The highest BCUT2D eigenvalue weighted by molar-refractivity contribution is 6.31. The van der Waals surface area contributed by atoms with E-state index in [-0.39, 0.29) is 6.42 Å². The molecular formula is C12H13ClO3. The van der Waals surface area contributed by atoms with Gasteiger partial charge in [0.2, 0.25) is 0 Å². The second-order valence-electron chi connectivity index (χ2n) is 4.26. The highest BCUT2D eigenvalue weighted by Gasteiger charge is 2.47. The van der Waals surface area contributed by atoms with Crippen molar-refractivity contribution in [2.45, 2.75) is 30.8 Å². The first-order valence-electron chi connectivity index (χ1n) is 5.23. The lowest BCUT2D eigenvalue weighted by molar-refractivity contribution is -0.144. The van der Waals surface area contributed by atoms with Crippen molar-refractivity contribution in [3.8, 4) is 0 Å². The second kappa shape index (κ2) is 4.07. The van der Waals surface area contributed by atoms with E-state index < -0.39 is 17.5 Å². The van der Waals surface area contributed by atoms with Crippen molar-refractivity contribution >= 4 is 17.6 Å². The third kappa shape index (κ3) is 1.70. The van der Waals surface area contributed by atoms with Crippen LogP contribution < -0.4 is 0 Å². The van der Waals surface area contributed by atoms with E-state index in [1.165, 1.54) is 0 Å². The molecule has 16 heavy (non-hydrogen) atoms. The second-order valence-corrected chi connectivity index (χ2v) is 4.67. The Morgan fingerprint density at radius 3 is 2.62 bits per heavy atom. The Morgan fingerprint density at radius 2 is 2.12 bits per heavy atom. The molecule has 2 rings (SSSR count). The number of carboxylic acid groups (broad SMARTS) is 1. The minimum Gasteiger partial charge on any atom is -0.481 e. The van der Waals surface area contributed by atoms with Gasteiger partial charge in [0, 0.05) is 5.02 Å². The Balaban J connectivity index is 2.49. The van der Waals surface area contributed by atoms with Crippen LogP contribution >= 0.6 is 11.6 Å². The first-order chi connectivity index (χ1) is 7.56. The molecule has 0 saturated heterocycles. The van der Waals surface area contributed by atoms with Crippen molar-refractivity contribution in [3.63, 3.8) is 0 Å². The lowest BCUT2D eigenvalue weighted by Gasteiger charge is -2.25. The molecule has 0 heterocycles. The molecule has 1 aliphatic carbocycles. The van der Waals surface area contributed by atoms with Crippen LogP contribution in [0.4, 0.5) is 0 Å². The molecule has 2 unspecified atom stereocenters. The number of aliphatic hydroxyl groups is 1. The van der Waals surface area contributed by atoms with E-state index in [4.69, 9.17) is 11.6 Å². The van der Waals surface area contributed by atoms with Crippen molar-refractivity contribution in [1.29, 1.82) is 0 Å². The van der Waals surface area contributed by atoms with Gasteiger partial charge in [0.1, 0.15) is 0 Å². The summed E-state index contributed by atoms with van der Waals surface area (Å²) in [5.74, 6) is -0.905. The molecule has 1 aromatic carbocycles. The smallest absolute Gasteiger partial charge is 0.314 e. The molecule has 3 nitrogen and oxygen atoms in total. The molecule has 2 N–H and O–H groups in total. The number of halogens is 1. The fourth-order valence-electron chi connectivity index (χ4n) is 2.42. The van der Waals surface area contributed by atoms with Gasteiger partial charge >= 0.3 is 5.97 Å². The van der Waals surface area contributed by atoms with Crippen molar-refractivity contribution in [3.05, 3.63) is 34.9 Å². The standard InChI is InChI=1S/C12H13ClO3/c13-10-4-2-1-3-9(10)12(11(15)16)6-5-8(14)7-12/h1-4,8,14H,5-7H2,(H,15,16). The number of benzene rings is 1. The lowest BCUT2D eigenvalue weighted by atomic mass is 9.79. The Hall–Kier alpha value is -1.06. The maximum atomic E-state index is 11.5. The molecule has 2 atom stereocenters. The van der Waals surface area contributed by atoms with Crippen LogP contribution in [-0.4, -0.2) is 22.3 Å². The quantitative estimate of drug-likeness (QED) is 0.833. The number of hydrogen-bond acceptors (Lipinski definition) is 2. The largest absolute Gasteiger partial charge is 0.481 e. The molecular weight excluding hydrogens is 228 g/mol. The van der Waals surface area contributed by atoms with Gasteiger partial charge in [-0.25, -0.2) is 0 Å².